The predicted molar refractivity (Wildman–Crippen MR) is 127 cm³/mol. The summed E-state index contributed by atoms with van der Waals surface area (Å²) in [5.74, 6) is -3.65. The quantitative estimate of drug-likeness (QED) is 0.158. The minimum absolute atomic E-state index is 0.0580. The number of benzene rings is 1. The summed E-state index contributed by atoms with van der Waals surface area (Å²) in [6.07, 6.45) is -4.05. The molecule has 0 saturated carbocycles. The molecule has 0 fully saturated rings. The summed E-state index contributed by atoms with van der Waals surface area (Å²) in [4.78, 5) is 38.8. The largest absolute Gasteiger partial charge is 0.490 e. The highest BCUT2D eigenvalue weighted by Crippen LogP contribution is 2.19. The van der Waals surface area contributed by atoms with E-state index in [2.05, 4.69) is 25.7 Å². The van der Waals surface area contributed by atoms with Gasteiger partial charge in [0.15, 0.2) is 5.82 Å². The Labute approximate surface area is 214 Å². The second kappa shape index (κ2) is 13.5. The summed E-state index contributed by atoms with van der Waals surface area (Å²) in [5, 5.41) is 31.9. The van der Waals surface area contributed by atoms with E-state index < -0.39 is 30.1 Å². The van der Waals surface area contributed by atoms with Crippen LogP contribution >= 0.6 is 11.6 Å². The lowest BCUT2D eigenvalue weighted by atomic mass is 10.1. The molecule has 37 heavy (non-hydrogen) atoms. The first kappa shape index (κ1) is 31.3. The van der Waals surface area contributed by atoms with E-state index in [4.69, 9.17) is 27.2 Å². The van der Waals surface area contributed by atoms with Crippen LogP contribution in [0.25, 0.3) is 0 Å². The molecular formula is C21H27ClF3N7O5. The van der Waals surface area contributed by atoms with Gasteiger partial charge in [0, 0.05) is 6.54 Å². The first-order valence-electron chi connectivity index (χ1n) is 10.7. The number of aromatic nitrogens is 4. The van der Waals surface area contributed by atoms with Crippen molar-refractivity contribution in [3.05, 3.63) is 41.2 Å². The van der Waals surface area contributed by atoms with Crippen LogP contribution < -0.4 is 11.1 Å². The van der Waals surface area contributed by atoms with E-state index in [0.717, 1.165) is 0 Å². The molecule has 5 N–H and O–H groups in total. The van der Waals surface area contributed by atoms with E-state index in [1.165, 1.54) is 16.9 Å². The van der Waals surface area contributed by atoms with E-state index in [0.29, 0.717) is 31.0 Å². The van der Waals surface area contributed by atoms with Gasteiger partial charge in [-0.3, -0.25) is 9.79 Å². The van der Waals surface area contributed by atoms with Gasteiger partial charge < -0.3 is 21.3 Å². The molecule has 1 heterocycles. The number of tetrazole rings is 1. The van der Waals surface area contributed by atoms with Crippen molar-refractivity contribution in [3.63, 3.8) is 0 Å². The summed E-state index contributed by atoms with van der Waals surface area (Å²) in [7, 11) is 0. The van der Waals surface area contributed by atoms with E-state index in [9.17, 15) is 27.9 Å². The van der Waals surface area contributed by atoms with Crippen LogP contribution in [0.3, 0.4) is 0 Å². The van der Waals surface area contributed by atoms with Crippen LogP contribution in [0.5, 0.6) is 0 Å². The monoisotopic (exact) mass is 549 g/mol. The fraction of sp³-hybridized carbons (Fsp3) is 0.476. The van der Waals surface area contributed by atoms with Crippen LogP contribution in [0, 0.1) is 0 Å². The number of alkyl halides is 4. The van der Waals surface area contributed by atoms with Gasteiger partial charge in [0.05, 0.1) is 28.6 Å². The number of nitrogens with zero attached hydrogens (tertiary/aromatic N) is 5. The third-order valence-corrected chi connectivity index (χ3v) is 4.67. The molecule has 204 valence electrons. The number of rotatable bonds is 9. The van der Waals surface area contributed by atoms with Gasteiger partial charge >= 0.3 is 18.1 Å². The summed E-state index contributed by atoms with van der Waals surface area (Å²) < 4.78 is 31.7. The highest BCUT2D eigenvalue weighted by Gasteiger charge is 2.38. The number of carboxylic acid groups (broad SMARTS) is 2. The molecule has 16 heteroatoms. The third-order valence-electron chi connectivity index (χ3n) is 4.39. The number of carbonyl (C=O) groups is 3. The summed E-state index contributed by atoms with van der Waals surface area (Å²) >= 11 is 5.62. The number of hydrogen-bond donors (Lipinski definition) is 4. The molecule has 0 saturated heterocycles. The number of carboxylic acids is 2. The SMILES string of the molecule is CC(C)(C)n1nnc([C@H](CCCN=C(N)CCl)NC(=O)c2ccccc2C(=O)O)n1.O=C(O)C(F)(F)F. The van der Waals surface area contributed by atoms with E-state index in [1.807, 2.05) is 20.8 Å². The Morgan fingerprint density at radius 2 is 1.73 bits per heavy atom. The average molecular weight is 550 g/mol. The van der Waals surface area contributed by atoms with Crippen molar-refractivity contribution in [3.8, 4) is 0 Å². The van der Waals surface area contributed by atoms with Crippen LogP contribution in [0.4, 0.5) is 13.2 Å². The lowest BCUT2D eigenvalue weighted by Crippen LogP contribution is -2.31. The van der Waals surface area contributed by atoms with E-state index in [-0.39, 0.29) is 22.5 Å². The van der Waals surface area contributed by atoms with E-state index >= 15 is 0 Å². The lowest BCUT2D eigenvalue weighted by Gasteiger charge is -2.17. The maximum Gasteiger partial charge on any atom is 0.490 e. The standard InChI is InChI=1S/C19H26ClN7O3.C2HF3O2/c1-19(2,3)27-25-16(24-26-27)14(9-6-10-22-15(21)11-20)23-17(28)12-7-4-5-8-13(12)18(29)30;3-2(4,5)1(6)7/h4-5,7-8,14H,6,9-11H2,1-3H3,(H2,21,22)(H,23,28)(H,29,30);(H,6,7)/t14-;/m0./s1. The van der Waals surface area contributed by atoms with Gasteiger partial charge in [-0.05, 0) is 51.0 Å². The van der Waals surface area contributed by atoms with Crippen LogP contribution in [-0.4, -0.2) is 72.7 Å². The van der Waals surface area contributed by atoms with Crippen molar-refractivity contribution in [2.45, 2.75) is 51.4 Å². The number of nitrogens with two attached hydrogens (primary N) is 1. The molecule has 1 amide bonds. The summed E-state index contributed by atoms with van der Waals surface area (Å²) in [6.45, 7) is 6.21. The lowest BCUT2D eigenvalue weighted by molar-refractivity contribution is -0.192. The number of aromatic carboxylic acids is 1. The molecule has 0 unspecified atom stereocenters. The molecule has 0 aliphatic rings. The van der Waals surface area contributed by atoms with Crippen molar-refractivity contribution >= 4 is 35.3 Å². The zero-order valence-corrected chi connectivity index (χ0v) is 20.9. The van der Waals surface area contributed by atoms with Crippen LogP contribution in [0.15, 0.2) is 29.3 Å². The van der Waals surface area contributed by atoms with Crippen molar-refractivity contribution in [1.82, 2.24) is 25.5 Å². The Morgan fingerprint density at radius 3 is 2.19 bits per heavy atom. The normalized spacial score (nSPS) is 12.8. The Balaban J connectivity index is 0.000000856. The first-order chi connectivity index (χ1) is 17.1. The number of carbonyl (C=O) groups excluding carboxylic acids is 1. The number of aliphatic imine (C=N–C) groups is 1. The second-order valence-corrected chi connectivity index (χ2v) is 8.70. The highest BCUT2D eigenvalue weighted by molar-refractivity contribution is 6.27. The number of hydrogen-bond acceptors (Lipinski definition) is 7. The van der Waals surface area contributed by atoms with Crippen LogP contribution in [-0.2, 0) is 10.3 Å². The second-order valence-electron chi connectivity index (χ2n) is 8.44. The molecule has 0 aliphatic carbocycles. The topological polar surface area (TPSA) is 186 Å². The van der Waals surface area contributed by atoms with Gasteiger partial charge in [-0.2, -0.15) is 18.0 Å². The highest BCUT2D eigenvalue weighted by atomic mass is 35.5. The first-order valence-corrected chi connectivity index (χ1v) is 11.2. The zero-order valence-electron chi connectivity index (χ0n) is 20.2. The molecule has 2 aromatic rings. The van der Waals surface area contributed by atoms with Gasteiger partial charge in [0.2, 0.25) is 0 Å². The predicted octanol–water partition coefficient (Wildman–Crippen LogP) is 2.61. The van der Waals surface area contributed by atoms with Gasteiger partial charge in [0.25, 0.3) is 5.91 Å². The Hall–Kier alpha value is -3.75. The number of amidine groups is 1. The molecule has 1 aromatic carbocycles. The molecule has 2 rings (SSSR count). The molecular weight excluding hydrogens is 523 g/mol. The molecule has 1 aromatic heterocycles. The summed E-state index contributed by atoms with van der Waals surface area (Å²) in [6, 6.07) is 5.43. The fourth-order valence-corrected chi connectivity index (χ4v) is 2.66. The van der Waals surface area contributed by atoms with Crippen molar-refractivity contribution in [2.24, 2.45) is 10.7 Å². The van der Waals surface area contributed by atoms with Crippen LogP contribution in [0.2, 0.25) is 0 Å². The van der Waals surface area contributed by atoms with Gasteiger partial charge in [-0.1, -0.05) is 12.1 Å². The summed E-state index contributed by atoms with van der Waals surface area (Å²) in [5.41, 5.74) is 5.20. The number of nitrogens with one attached hydrogen (secondary N) is 1. The fourth-order valence-electron chi connectivity index (χ4n) is 2.58. The van der Waals surface area contributed by atoms with E-state index in [1.54, 1.807) is 12.1 Å². The Bertz CT molecular complexity index is 1120. The van der Waals surface area contributed by atoms with Gasteiger partial charge in [0.1, 0.15) is 5.84 Å². The number of aliphatic carboxylic acids is 1. The molecule has 12 nitrogen and oxygen atoms in total. The minimum Gasteiger partial charge on any atom is -0.478 e. The molecule has 1 atom stereocenters. The van der Waals surface area contributed by atoms with Crippen molar-refractivity contribution in [2.75, 3.05) is 12.4 Å². The van der Waals surface area contributed by atoms with Crippen molar-refractivity contribution in [1.29, 1.82) is 0 Å². The molecule has 0 bridgehead atoms. The average Bonchev–Trinajstić information content (AvgIpc) is 3.31. The molecule has 0 radical (unpaired) electrons. The molecule has 0 aliphatic heterocycles. The smallest absolute Gasteiger partial charge is 0.478 e. The number of halogens is 4. The van der Waals surface area contributed by atoms with Gasteiger partial charge in [-0.25, -0.2) is 9.59 Å². The Morgan fingerprint density at radius 1 is 1.16 bits per heavy atom. The van der Waals surface area contributed by atoms with Crippen LogP contribution in [0.1, 0.15) is 66.2 Å². The zero-order chi connectivity index (χ0) is 28.4. The van der Waals surface area contributed by atoms with Gasteiger partial charge in [-0.15, -0.1) is 21.8 Å². The minimum atomic E-state index is -5.08. The molecule has 0 spiro atoms. The third kappa shape index (κ3) is 10.4. The van der Waals surface area contributed by atoms with Crippen molar-refractivity contribution < 1.29 is 37.8 Å². The maximum atomic E-state index is 12.8. The Kier molecular flexibility index (Phi) is 11.4. The maximum absolute atomic E-state index is 12.8. The number of amides is 1.